The summed E-state index contributed by atoms with van der Waals surface area (Å²) in [7, 11) is 0. The fourth-order valence-corrected chi connectivity index (χ4v) is 2.67. The molecule has 0 amide bonds. The van der Waals surface area contributed by atoms with Gasteiger partial charge in [0.15, 0.2) is 0 Å². The molecule has 1 rings (SSSR count). The van der Waals surface area contributed by atoms with Gasteiger partial charge in [-0.1, -0.05) is 45.6 Å². The van der Waals surface area contributed by atoms with Gasteiger partial charge in [0.25, 0.3) is 0 Å². The van der Waals surface area contributed by atoms with Gasteiger partial charge in [0.05, 0.1) is 5.41 Å². The number of aromatic nitrogens is 1. The van der Waals surface area contributed by atoms with Crippen LogP contribution in [0.1, 0.15) is 63.8 Å². The van der Waals surface area contributed by atoms with Crippen molar-refractivity contribution in [3.8, 4) is 0 Å². The minimum atomic E-state index is -0.664. The number of aryl methyl sites for hydroxylation is 1. The fourth-order valence-electron chi connectivity index (χ4n) is 2.67. The van der Waals surface area contributed by atoms with Crippen LogP contribution < -0.4 is 0 Å². The number of nitrogens with zero attached hydrogens (tertiary/aromatic N) is 1. The number of hydrogen-bond donors (Lipinski definition) is 1. The van der Waals surface area contributed by atoms with Gasteiger partial charge in [-0.15, -0.1) is 0 Å². The van der Waals surface area contributed by atoms with Crippen molar-refractivity contribution < 1.29 is 9.90 Å². The summed E-state index contributed by atoms with van der Waals surface area (Å²) in [5.41, 5.74) is 1.21. The number of carbonyl (C=O) groups is 1. The van der Waals surface area contributed by atoms with Gasteiger partial charge in [-0.05, 0) is 31.9 Å². The highest BCUT2D eigenvalue weighted by atomic mass is 16.4. The molecule has 0 unspecified atom stereocenters. The number of carboxylic acid groups (broad SMARTS) is 1. The Morgan fingerprint density at radius 3 is 2.25 bits per heavy atom. The standard InChI is InChI=1S/C17H27NO2/c1-4-6-11-17(16(19)20,12-7-5-2)13-15-10-8-9-14(3)18-15/h8-10H,4-7,11-13H2,1-3H3,(H,19,20). The van der Waals surface area contributed by atoms with Crippen LogP contribution in [0.15, 0.2) is 18.2 Å². The summed E-state index contributed by atoms with van der Waals surface area (Å²) >= 11 is 0. The monoisotopic (exact) mass is 277 g/mol. The Bertz CT molecular complexity index is 421. The van der Waals surface area contributed by atoms with E-state index in [1.165, 1.54) is 0 Å². The van der Waals surface area contributed by atoms with Crippen molar-refractivity contribution in [3.63, 3.8) is 0 Å². The van der Waals surface area contributed by atoms with Crippen LogP contribution in [0.4, 0.5) is 0 Å². The molecule has 1 aromatic rings. The van der Waals surface area contributed by atoms with Crippen molar-refractivity contribution in [1.29, 1.82) is 0 Å². The molecule has 0 spiro atoms. The van der Waals surface area contributed by atoms with E-state index in [1.807, 2.05) is 25.1 Å². The van der Waals surface area contributed by atoms with E-state index in [2.05, 4.69) is 18.8 Å². The molecule has 0 aliphatic heterocycles. The van der Waals surface area contributed by atoms with Crippen LogP contribution in [0.5, 0.6) is 0 Å². The van der Waals surface area contributed by atoms with Crippen LogP contribution in [-0.4, -0.2) is 16.1 Å². The highest BCUT2D eigenvalue weighted by Gasteiger charge is 2.37. The zero-order valence-electron chi connectivity index (χ0n) is 13.0. The minimum Gasteiger partial charge on any atom is -0.481 e. The van der Waals surface area contributed by atoms with Gasteiger partial charge in [0.2, 0.25) is 0 Å². The second-order valence-electron chi connectivity index (χ2n) is 5.74. The molecule has 0 fully saturated rings. The van der Waals surface area contributed by atoms with Crippen molar-refractivity contribution >= 4 is 5.97 Å². The number of rotatable bonds is 9. The van der Waals surface area contributed by atoms with Crippen LogP contribution in [0.3, 0.4) is 0 Å². The molecule has 1 N–H and O–H groups in total. The second kappa shape index (κ2) is 8.03. The summed E-state index contributed by atoms with van der Waals surface area (Å²) in [6.45, 7) is 6.17. The average molecular weight is 277 g/mol. The van der Waals surface area contributed by atoms with E-state index in [4.69, 9.17) is 0 Å². The first kappa shape index (κ1) is 16.7. The van der Waals surface area contributed by atoms with Gasteiger partial charge >= 0.3 is 5.97 Å². The van der Waals surface area contributed by atoms with Crippen molar-refractivity contribution in [2.24, 2.45) is 5.41 Å². The molecule has 1 aromatic heterocycles. The van der Waals surface area contributed by atoms with E-state index < -0.39 is 11.4 Å². The van der Waals surface area contributed by atoms with Crippen molar-refractivity contribution in [3.05, 3.63) is 29.6 Å². The molecule has 0 aliphatic rings. The van der Waals surface area contributed by atoms with Crippen LogP contribution in [0.2, 0.25) is 0 Å². The number of pyridine rings is 1. The lowest BCUT2D eigenvalue weighted by molar-refractivity contribution is -0.150. The molecule has 3 nitrogen and oxygen atoms in total. The highest BCUT2D eigenvalue weighted by molar-refractivity contribution is 5.75. The van der Waals surface area contributed by atoms with Crippen LogP contribution in [0.25, 0.3) is 0 Å². The third kappa shape index (κ3) is 4.62. The second-order valence-corrected chi connectivity index (χ2v) is 5.74. The number of hydrogen-bond acceptors (Lipinski definition) is 2. The Kier molecular flexibility index (Phi) is 6.69. The van der Waals surface area contributed by atoms with E-state index in [0.29, 0.717) is 6.42 Å². The maximum Gasteiger partial charge on any atom is 0.310 e. The summed E-state index contributed by atoms with van der Waals surface area (Å²) in [5, 5.41) is 9.78. The molecule has 1 heterocycles. The number of aliphatic carboxylic acids is 1. The van der Waals surface area contributed by atoms with E-state index >= 15 is 0 Å². The summed E-state index contributed by atoms with van der Waals surface area (Å²) in [6, 6.07) is 5.86. The molecule has 112 valence electrons. The zero-order valence-corrected chi connectivity index (χ0v) is 13.0. The summed E-state index contributed by atoms with van der Waals surface area (Å²) < 4.78 is 0. The lowest BCUT2D eigenvalue weighted by Gasteiger charge is -2.29. The Labute approximate surface area is 122 Å². The maximum absolute atomic E-state index is 11.9. The van der Waals surface area contributed by atoms with E-state index in [9.17, 15) is 9.90 Å². The van der Waals surface area contributed by atoms with E-state index in [1.54, 1.807) is 0 Å². The first-order chi connectivity index (χ1) is 9.54. The predicted octanol–water partition coefficient (Wildman–Crippen LogP) is 4.38. The highest BCUT2D eigenvalue weighted by Crippen LogP contribution is 2.35. The molecule has 0 aromatic carbocycles. The van der Waals surface area contributed by atoms with Gasteiger partial charge < -0.3 is 5.11 Å². The molecule has 0 saturated heterocycles. The molecular weight excluding hydrogens is 250 g/mol. The molecule has 0 radical (unpaired) electrons. The average Bonchev–Trinajstić information content (AvgIpc) is 2.41. The van der Waals surface area contributed by atoms with E-state index in [0.717, 1.165) is 49.9 Å². The predicted molar refractivity (Wildman–Crippen MR) is 81.8 cm³/mol. The third-order valence-electron chi connectivity index (χ3n) is 3.94. The summed E-state index contributed by atoms with van der Waals surface area (Å²) in [4.78, 5) is 16.4. The van der Waals surface area contributed by atoms with Gasteiger partial charge in [0.1, 0.15) is 0 Å². The number of carboxylic acids is 1. The quantitative estimate of drug-likeness (QED) is 0.728. The third-order valence-corrected chi connectivity index (χ3v) is 3.94. The fraction of sp³-hybridized carbons (Fsp3) is 0.647. The largest absolute Gasteiger partial charge is 0.481 e. The van der Waals surface area contributed by atoms with Gasteiger partial charge in [-0.3, -0.25) is 9.78 Å². The molecular formula is C17H27NO2. The topological polar surface area (TPSA) is 50.2 Å². The van der Waals surface area contributed by atoms with Crippen LogP contribution >= 0.6 is 0 Å². The molecule has 0 bridgehead atoms. The van der Waals surface area contributed by atoms with Gasteiger partial charge in [-0.2, -0.15) is 0 Å². The molecule has 20 heavy (non-hydrogen) atoms. The first-order valence-corrected chi connectivity index (χ1v) is 7.70. The normalized spacial score (nSPS) is 11.6. The number of unbranched alkanes of at least 4 members (excludes halogenated alkanes) is 2. The molecule has 0 saturated carbocycles. The van der Waals surface area contributed by atoms with Crippen LogP contribution in [0, 0.1) is 12.3 Å². The van der Waals surface area contributed by atoms with Crippen LogP contribution in [-0.2, 0) is 11.2 Å². The molecule has 3 heteroatoms. The zero-order chi connectivity index (χ0) is 15.0. The Balaban J connectivity index is 2.97. The minimum absolute atomic E-state index is 0.546. The van der Waals surface area contributed by atoms with Crippen molar-refractivity contribution in [1.82, 2.24) is 4.98 Å². The van der Waals surface area contributed by atoms with Gasteiger partial charge in [-0.25, -0.2) is 0 Å². The molecule has 0 aliphatic carbocycles. The first-order valence-electron chi connectivity index (χ1n) is 7.70. The Hall–Kier alpha value is -1.38. The van der Waals surface area contributed by atoms with Crippen molar-refractivity contribution in [2.45, 2.75) is 65.7 Å². The smallest absolute Gasteiger partial charge is 0.310 e. The summed E-state index contributed by atoms with van der Waals surface area (Å²) in [5.74, 6) is -0.664. The van der Waals surface area contributed by atoms with E-state index in [-0.39, 0.29) is 0 Å². The summed E-state index contributed by atoms with van der Waals surface area (Å²) in [6.07, 6.45) is 6.02. The van der Waals surface area contributed by atoms with Crippen molar-refractivity contribution in [2.75, 3.05) is 0 Å². The lowest BCUT2D eigenvalue weighted by Crippen LogP contribution is -2.34. The van der Waals surface area contributed by atoms with Gasteiger partial charge in [0, 0.05) is 17.8 Å². The SMILES string of the molecule is CCCCC(CCCC)(Cc1cccc(C)n1)C(=O)O. The Morgan fingerprint density at radius 2 is 1.80 bits per heavy atom. The Morgan fingerprint density at radius 1 is 1.20 bits per heavy atom. The molecule has 0 atom stereocenters. The lowest BCUT2D eigenvalue weighted by atomic mass is 9.74. The maximum atomic E-state index is 11.9.